The van der Waals surface area contributed by atoms with Gasteiger partial charge in [0.2, 0.25) is 10.0 Å². The SMILES string of the molecule is O=C(Nc1nnc(-c2ccsc2)o1)c1ccc(S(=O)(=O)N2CCOCC2)cc1. The minimum Gasteiger partial charge on any atom is -0.403 e. The van der Waals surface area contributed by atoms with E-state index in [0.29, 0.717) is 32.2 Å². The highest BCUT2D eigenvalue weighted by molar-refractivity contribution is 7.89. The molecule has 146 valence electrons. The summed E-state index contributed by atoms with van der Waals surface area (Å²) in [5.74, 6) is -0.167. The molecule has 1 amide bonds. The van der Waals surface area contributed by atoms with Crippen molar-refractivity contribution in [2.45, 2.75) is 4.90 Å². The first-order valence-corrected chi connectivity index (χ1v) is 10.8. The van der Waals surface area contributed by atoms with Crippen molar-refractivity contribution in [3.63, 3.8) is 0 Å². The van der Waals surface area contributed by atoms with Crippen LogP contribution in [0.3, 0.4) is 0 Å². The lowest BCUT2D eigenvalue weighted by molar-refractivity contribution is 0.0730. The number of ether oxygens (including phenoxy) is 1. The van der Waals surface area contributed by atoms with Gasteiger partial charge in [-0.1, -0.05) is 5.10 Å². The minimum atomic E-state index is -3.60. The fourth-order valence-electron chi connectivity index (χ4n) is 2.66. The normalized spacial score (nSPS) is 15.4. The molecule has 2 aromatic heterocycles. The summed E-state index contributed by atoms with van der Waals surface area (Å²) in [5.41, 5.74) is 1.05. The molecule has 1 aromatic carbocycles. The zero-order valence-corrected chi connectivity index (χ0v) is 16.2. The second-order valence-electron chi connectivity index (χ2n) is 5.92. The van der Waals surface area contributed by atoms with E-state index in [2.05, 4.69) is 15.5 Å². The number of benzene rings is 1. The summed E-state index contributed by atoms with van der Waals surface area (Å²) in [6.45, 7) is 1.37. The number of thiophene rings is 1. The predicted molar refractivity (Wildman–Crippen MR) is 102 cm³/mol. The molecule has 3 aromatic rings. The Balaban J connectivity index is 1.45. The van der Waals surface area contributed by atoms with Crippen LogP contribution < -0.4 is 5.32 Å². The quantitative estimate of drug-likeness (QED) is 0.672. The second-order valence-corrected chi connectivity index (χ2v) is 8.64. The average Bonchev–Trinajstić information content (AvgIpc) is 3.40. The maximum absolute atomic E-state index is 12.6. The molecule has 1 aliphatic heterocycles. The van der Waals surface area contributed by atoms with Gasteiger partial charge in [-0.3, -0.25) is 10.1 Å². The number of anilines is 1. The van der Waals surface area contributed by atoms with E-state index >= 15 is 0 Å². The molecular formula is C17H16N4O5S2. The summed E-state index contributed by atoms with van der Waals surface area (Å²) in [6.07, 6.45) is 0. The van der Waals surface area contributed by atoms with Gasteiger partial charge >= 0.3 is 6.01 Å². The fraction of sp³-hybridized carbons (Fsp3) is 0.235. The molecule has 4 rings (SSSR count). The average molecular weight is 420 g/mol. The van der Waals surface area contributed by atoms with E-state index in [4.69, 9.17) is 9.15 Å². The molecule has 1 N–H and O–H groups in total. The van der Waals surface area contributed by atoms with Crippen molar-refractivity contribution in [3.8, 4) is 11.5 Å². The van der Waals surface area contributed by atoms with Crippen LogP contribution in [-0.2, 0) is 14.8 Å². The van der Waals surface area contributed by atoms with Gasteiger partial charge < -0.3 is 9.15 Å². The lowest BCUT2D eigenvalue weighted by Gasteiger charge is -2.26. The Morgan fingerprint density at radius 3 is 2.54 bits per heavy atom. The van der Waals surface area contributed by atoms with Gasteiger partial charge in [0.1, 0.15) is 0 Å². The molecule has 1 saturated heterocycles. The van der Waals surface area contributed by atoms with E-state index in [0.717, 1.165) is 5.56 Å². The number of hydrogen-bond donors (Lipinski definition) is 1. The molecule has 0 aliphatic carbocycles. The van der Waals surface area contributed by atoms with Gasteiger partial charge in [-0.15, -0.1) is 5.10 Å². The number of hydrogen-bond acceptors (Lipinski definition) is 8. The van der Waals surface area contributed by atoms with Crippen LogP contribution in [0.25, 0.3) is 11.5 Å². The summed E-state index contributed by atoms with van der Waals surface area (Å²) in [7, 11) is -3.60. The molecule has 1 aliphatic rings. The van der Waals surface area contributed by atoms with E-state index in [1.165, 1.54) is 39.9 Å². The highest BCUT2D eigenvalue weighted by Crippen LogP contribution is 2.23. The van der Waals surface area contributed by atoms with Gasteiger partial charge in [0.05, 0.1) is 18.1 Å². The van der Waals surface area contributed by atoms with Gasteiger partial charge in [-0.05, 0) is 35.7 Å². The summed E-state index contributed by atoms with van der Waals surface area (Å²) in [4.78, 5) is 12.5. The highest BCUT2D eigenvalue weighted by atomic mass is 32.2. The Morgan fingerprint density at radius 1 is 1.11 bits per heavy atom. The smallest absolute Gasteiger partial charge is 0.322 e. The first-order valence-electron chi connectivity index (χ1n) is 8.39. The van der Waals surface area contributed by atoms with Gasteiger partial charge in [0, 0.05) is 29.6 Å². The molecule has 0 atom stereocenters. The zero-order chi connectivity index (χ0) is 19.6. The summed E-state index contributed by atoms with van der Waals surface area (Å²) in [5, 5.41) is 13.9. The lowest BCUT2D eigenvalue weighted by Crippen LogP contribution is -2.40. The van der Waals surface area contributed by atoms with Crippen molar-refractivity contribution < 1.29 is 22.4 Å². The number of aromatic nitrogens is 2. The summed E-state index contributed by atoms with van der Waals surface area (Å²) < 4.78 is 37.2. The second kappa shape index (κ2) is 7.80. The highest BCUT2D eigenvalue weighted by Gasteiger charge is 2.26. The van der Waals surface area contributed by atoms with E-state index in [1.54, 1.807) is 0 Å². The van der Waals surface area contributed by atoms with Gasteiger partial charge in [0.15, 0.2) is 0 Å². The van der Waals surface area contributed by atoms with E-state index in [9.17, 15) is 13.2 Å². The molecule has 0 bridgehead atoms. The van der Waals surface area contributed by atoms with Crippen molar-refractivity contribution in [2.24, 2.45) is 0 Å². The van der Waals surface area contributed by atoms with Crippen molar-refractivity contribution >= 4 is 33.3 Å². The van der Waals surface area contributed by atoms with Crippen LogP contribution in [0, 0.1) is 0 Å². The molecule has 0 saturated carbocycles. The number of carbonyl (C=O) groups is 1. The number of amides is 1. The minimum absolute atomic E-state index is 0.0313. The van der Waals surface area contributed by atoms with Gasteiger partial charge in [0.25, 0.3) is 11.8 Å². The Bertz CT molecular complexity index is 1060. The third-order valence-electron chi connectivity index (χ3n) is 4.14. The van der Waals surface area contributed by atoms with Crippen LogP contribution in [0.4, 0.5) is 6.01 Å². The van der Waals surface area contributed by atoms with Crippen LogP contribution >= 0.6 is 11.3 Å². The molecule has 28 heavy (non-hydrogen) atoms. The topological polar surface area (TPSA) is 115 Å². The van der Waals surface area contributed by atoms with E-state index in [1.807, 2.05) is 16.8 Å². The number of sulfonamides is 1. The number of morpholine rings is 1. The first kappa shape index (κ1) is 18.7. The van der Waals surface area contributed by atoms with Gasteiger partial charge in [-0.2, -0.15) is 15.6 Å². The molecule has 11 heteroatoms. The fourth-order valence-corrected chi connectivity index (χ4v) is 4.70. The first-order chi connectivity index (χ1) is 13.5. The number of carbonyl (C=O) groups excluding carboxylic acids is 1. The maximum Gasteiger partial charge on any atom is 0.322 e. The summed E-state index contributed by atoms with van der Waals surface area (Å²) >= 11 is 1.49. The van der Waals surface area contributed by atoms with Crippen molar-refractivity contribution in [2.75, 3.05) is 31.6 Å². The predicted octanol–water partition coefficient (Wildman–Crippen LogP) is 2.07. The number of rotatable bonds is 5. The Morgan fingerprint density at radius 2 is 1.86 bits per heavy atom. The molecular weight excluding hydrogens is 404 g/mol. The van der Waals surface area contributed by atoms with Gasteiger partial charge in [-0.25, -0.2) is 8.42 Å². The third kappa shape index (κ3) is 3.83. The van der Waals surface area contributed by atoms with Crippen LogP contribution in [-0.4, -0.2) is 55.1 Å². The van der Waals surface area contributed by atoms with E-state index < -0.39 is 15.9 Å². The van der Waals surface area contributed by atoms with Crippen LogP contribution in [0.15, 0.2) is 50.4 Å². The molecule has 0 spiro atoms. The summed E-state index contributed by atoms with van der Waals surface area (Å²) in [6, 6.07) is 7.50. The van der Waals surface area contributed by atoms with Crippen LogP contribution in [0.5, 0.6) is 0 Å². The largest absolute Gasteiger partial charge is 0.403 e. The maximum atomic E-state index is 12.6. The number of nitrogens with zero attached hydrogens (tertiary/aromatic N) is 3. The standard InChI is InChI=1S/C17H16N4O5S2/c22-15(18-17-20-19-16(26-17)13-5-10-27-11-13)12-1-3-14(4-2-12)28(23,24)21-6-8-25-9-7-21/h1-5,10-11H,6-9H2,(H,18,20,22). The molecule has 3 heterocycles. The van der Waals surface area contributed by atoms with Crippen molar-refractivity contribution in [1.82, 2.24) is 14.5 Å². The molecule has 0 unspecified atom stereocenters. The van der Waals surface area contributed by atoms with Crippen LogP contribution in [0.1, 0.15) is 10.4 Å². The van der Waals surface area contributed by atoms with Crippen LogP contribution in [0.2, 0.25) is 0 Å². The molecule has 0 radical (unpaired) electrons. The lowest BCUT2D eigenvalue weighted by atomic mass is 10.2. The number of nitrogens with one attached hydrogen (secondary N) is 1. The Kier molecular flexibility index (Phi) is 5.22. The molecule has 9 nitrogen and oxygen atoms in total. The third-order valence-corrected chi connectivity index (χ3v) is 6.73. The van der Waals surface area contributed by atoms with Crippen molar-refractivity contribution in [1.29, 1.82) is 0 Å². The Labute approximate surface area is 165 Å². The zero-order valence-electron chi connectivity index (χ0n) is 14.6. The monoisotopic (exact) mass is 420 g/mol. The Hall–Kier alpha value is -2.60. The van der Waals surface area contributed by atoms with Crippen molar-refractivity contribution in [3.05, 3.63) is 46.7 Å². The molecule has 1 fully saturated rings. The van der Waals surface area contributed by atoms with E-state index in [-0.39, 0.29) is 16.5 Å².